The van der Waals surface area contributed by atoms with E-state index in [1.807, 2.05) is 0 Å². The Labute approximate surface area is 95.8 Å². The number of rotatable bonds is 3. The first-order valence-electron chi connectivity index (χ1n) is 5.43. The zero-order chi connectivity index (χ0) is 12.7. The average Bonchev–Trinajstić information content (AvgIpc) is 2.16. The van der Waals surface area contributed by atoms with E-state index in [1.54, 1.807) is 18.9 Å². The third-order valence-corrected chi connectivity index (χ3v) is 3.08. The lowest BCUT2D eigenvalue weighted by Gasteiger charge is -2.32. The summed E-state index contributed by atoms with van der Waals surface area (Å²) in [5.74, 6) is 0. The molecule has 0 aliphatic rings. The number of hydrogen-bond donors (Lipinski definition) is 1. The zero-order valence-corrected chi connectivity index (χ0v) is 10.6. The Bertz CT molecular complexity index is 450. The van der Waals surface area contributed by atoms with Gasteiger partial charge in [0.05, 0.1) is 5.69 Å². The number of likely N-dealkylation sites (N-methyl/N-ethyl adjacent to an activating group) is 1. The third kappa shape index (κ3) is 2.16. The SMILES string of the molecule is Cc1c(N(C)C[C@@H](N)C(C)(C)C)c(=O)c1=O. The van der Waals surface area contributed by atoms with Crippen LogP contribution in [-0.2, 0) is 0 Å². The molecule has 0 saturated heterocycles. The fraction of sp³-hybridized carbons (Fsp3) is 0.667. The van der Waals surface area contributed by atoms with Gasteiger partial charge in [0.15, 0.2) is 0 Å². The highest BCUT2D eigenvalue weighted by Gasteiger charge is 2.26. The van der Waals surface area contributed by atoms with Crippen molar-refractivity contribution in [3.05, 3.63) is 26.0 Å². The summed E-state index contributed by atoms with van der Waals surface area (Å²) in [5, 5.41) is 0. The van der Waals surface area contributed by atoms with Crippen molar-refractivity contribution in [2.45, 2.75) is 33.7 Å². The normalized spacial score (nSPS) is 14.1. The van der Waals surface area contributed by atoms with Crippen LogP contribution in [0.15, 0.2) is 9.59 Å². The predicted molar refractivity (Wildman–Crippen MR) is 66.8 cm³/mol. The van der Waals surface area contributed by atoms with Gasteiger partial charge in [-0.05, 0) is 12.3 Å². The van der Waals surface area contributed by atoms with Crippen LogP contribution < -0.4 is 21.5 Å². The molecule has 0 aromatic heterocycles. The molecule has 0 saturated carbocycles. The van der Waals surface area contributed by atoms with Gasteiger partial charge in [0, 0.05) is 25.2 Å². The molecule has 90 valence electrons. The molecule has 0 aliphatic carbocycles. The smallest absolute Gasteiger partial charge is 0.249 e. The molecule has 0 bridgehead atoms. The minimum atomic E-state index is -0.388. The van der Waals surface area contributed by atoms with Crippen molar-refractivity contribution in [3.63, 3.8) is 0 Å². The van der Waals surface area contributed by atoms with Gasteiger partial charge in [0.1, 0.15) is 0 Å². The van der Waals surface area contributed by atoms with E-state index in [0.717, 1.165) is 0 Å². The van der Waals surface area contributed by atoms with E-state index in [0.29, 0.717) is 17.8 Å². The van der Waals surface area contributed by atoms with E-state index in [4.69, 9.17) is 5.73 Å². The van der Waals surface area contributed by atoms with Gasteiger partial charge < -0.3 is 10.6 Å². The third-order valence-electron chi connectivity index (χ3n) is 3.08. The molecule has 16 heavy (non-hydrogen) atoms. The largest absolute Gasteiger partial charge is 0.369 e. The Balaban J connectivity index is 2.79. The molecule has 4 nitrogen and oxygen atoms in total. The molecule has 0 heterocycles. The highest BCUT2D eigenvalue weighted by Crippen LogP contribution is 2.20. The van der Waals surface area contributed by atoms with Crippen molar-refractivity contribution in [3.8, 4) is 0 Å². The fourth-order valence-corrected chi connectivity index (χ4v) is 1.61. The monoisotopic (exact) mass is 224 g/mol. The summed E-state index contributed by atoms with van der Waals surface area (Å²) in [5.41, 5.74) is 6.33. The highest BCUT2D eigenvalue weighted by molar-refractivity contribution is 5.57. The lowest BCUT2D eigenvalue weighted by Crippen LogP contribution is -2.48. The van der Waals surface area contributed by atoms with Gasteiger partial charge in [0.2, 0.25) is 10.9 Å². The van der Waals surface area contributed by atoms with Crippen LogP contribution in [-0.4, -0.2) is 19.6 Å². The molecule has 0 spiro atoms. The molecule has 1 atom stereocenters. The molecule has 4 heteroatoms. The van der Waals surface area contributed by atoms with Gasteiger partial charge in [-0.15, -0.1) is 0 Å². The van der Waals surface area contributed by atoms with Crippen LogP contribution >= 0.6 is 0 Å². The minimum absolute atomic E-state index is 0.0144. The summed E-state index contributed by atoms with van der Waals surface area (Å²) < 4.78 is 0. The molecule has 0 amide bonds. The Kier molecular flexibility index (Phi) is 3.24. The van der Waals surface area contributed by atoms with Gasteiger partial charge in [-0.25, -0.2) is 0 Å². The molecule has 1 rings (SSSR count). The molecule has 0 unspecified atom stereocenters. The maximum atomic E-state index is 11.4. The highest BCUT2D eigenvalue weighted by atomic mass is 16.2. The Morgan fingerprint density at radius 2 is 1.75 bits per heavy atom. The van der Waals surface area contributed by atoms with Gasteiger partial charge in [-0.1, -0.05) is 20.8 Å². The van der Waals surface area contributed by atoms with E-state index in [-0.39, 0.29) is 22.3 Å². The maximum Gasteiger partial charge on any atom is 0.249 e. The molecule has 1 aromatic rings. The molecule has 2 N–H and O–H groups in total. The minimum Gasteiger partial charge on any atom is -0.369 e. The first-order chi connectivity index (χ1) is 7.16. The number of nitrogens with two attached hydrogens (primary N) is 1. The standard InChI is InChI=1S/C12H20N2O2/c1-7-9(11(16)10(7)15)14(5)6-8(13)12(2,3)4/h8H,6,13H2,1-5H3/t8-/m1/s1. The van der Waals surface area contributed by atoms with Crippen LogP contribution in [0.2, 0.25) is 0 Å². The van der Waals surface area contributed by atoms with Crippen molar-refractivity contribution in [2.75, 3.05) is 18.5 Å². The summed E-state index contributed by atoms with van der Waals surface area (Å²) in [4.78, 5) is 24.2. The van der Waals surface area contributed by atoms with Crippen LogP contribution in [0.5, 0.6) is 0 Å². The van der Waals surface area contributed by atoms with Gasteiger partial charge in [-0.3, -0.25) is 9.59 Å². The topological polar surface area (TPSA) is 63.4 Å². The van der Waals surface area contributed by atoms with Gasteiger partial charge in [0.25, 0.3) is 0 Å². The van der Waals surface area contributed by atoms with Crippen molar-refractivity contribution in [1.82, 2.24) is 0 Å². The van der Waals surface area contributed by atoms with Crippen LogP contribution in [0.4, 0.5) is 5.69 Å². The first kappa shape index (κ1) is 12.9. The summed E-state index contributed by atoms with van der Waals surface area (Å²) in [6.07, 6.45) is 0. The predicted octanol–water partition coefficient (Wildman–Crippen LogP) is 0.401. The van der Waals surface area contributed by atoms with Crippen molar-refractivity contribution in [2.24, 2.45) is 11.1 Å². The molecule has 0 radical (unpaired) electrons. The van der Waals surface area contributed by atoms with E-state index < -0.39 is 0 Å². The van der Waals surface area contributed by atoms with Crippen molar-refractivity contribution >= 4 is 5.69 Å². The van der Waals surface area contributed by atoms with E-state index in [9.17, 15) is 9.59 Å². The van der Waals surface area contributed by atoms with E-state index in [1.165, 1.54) is 0 Å². The second kappa shape index (κ2) is 4.01. The van der Waals surface area contributed by atoms with E-state index >= 15 is 0 Å². The van der Waals surface area contributed by atoms with Crippen LogP contribution in [0.25, 0.3) is 0 Å². The number of anilines is 1. The molecule has 1 aromatic carbocycles. The van der Waals surface area contributed by atoms with Crippen molar-refractivity contribution < 1.29 is 0 Å². The Morgan fingerprint density at radius 3 is 2.12 bits per heavy atom. The van der Waals surface area contributed by atoms with Gasteiger partial charge in [-0.2, -0.15) is 0 Å². The van der Waals surface area contributed by atoms with E-state index in [2.05, 4.69) is 20.8 Å². The lowest BCUT2D eigenvalue weighted by atomic mass is 9.87. The summed E-state index contributed by atoms with van der Waals surface area (Å²) in [6, 6.07) is -0.0405. The fourth-order valence-electron chi connectivity index (χ4n) is 1.61. The van der Waals surface area contributed by atoms with Crippen LogP contribution in [0.3, 0.4) is 0 Å². The quantitative estimate of drug-likeness (QED) is 0.755. The van der Waals surface area contributed by atoms with Gasteiger partial charge >= 0.3 is 0 Å². The average molecular weight is 224 g/mol. The van der Waals surface area contributed by atoms with Crippen LogP contribution in [0, 0.1) is 12.3 Å². The molecule has 0 aliphatic heterocycles. The molecular weight excluding hydrogens is 204 g/mol. The molecule has 0 fully saturated rings. The zero-order valence-electron chi connectivity index (χ0n) is 10.6. The number of nitrogens with zero attached hydrogens (tertiary/aromatic N) is 1. The summed E-state index contributed by atoms with van der Waals surface area (Å²) >= 11 is 0. The summed E-state index contributed by atoms with van der Waals surface area (Å²) in [6.45, 7) is 8.43. The second-order valence-corrected chi connectivity index (χ2v) is 5.48. The Morgan fingerprint density at radius 1 is 1.25 bits per heavy atom. The molecular formula is C12H20N2O2. The number of hydrogen-bond acceptors (Lipinski definition) is 4. The Hall–Kier alpha value is -1.16. The first-order valence-corrected chi connectivity index (χ1v) is 5.43. The maximum absolute atomic E-state index is 11.4. The summed E-state index contributed by atoms with van der Waals surface area (Å²) in [7, 11) is 1.80. The van der Waals surface area contributed by atoms with Crippen LogP contribution in [0.1, 0.15) is 26.3 Å². The lowest BCUT2D eigenvalue weighted by molar-refractivity contribution is 0.323. The second-order valence-electron chi connectivity index (χ2n) is 5.48. The van der Waals surface area contributed by atoms with Crippen molar-refractivity contribution in [1.29, 1.82) is 0 Å².